The van der Waals surface area contributed by atoms with Crippen LogP contribution in [0.5, 0.6) is 0 Å². The lowest BCUT2D eigenvalue weighted by molar-refractivity contribution is -0.386. The summed E-state index contributed by atoms with van der Waals surface area (Å²) in [6, 6.07) is 3.76. The number of nitro benzene ring substituents is 1. The van der Waals surface area contributed by atoms with E-state index in [9.17, 15) is 20.0 Å². The monoisotopic (exact) mass is 275 g/mol. The average Bonchev–Trinajstić information content (AvgIpc) is 2.16. The fraction of sp³-hybridized carbons (Fsp3) is 0.125. The Kier molecular flexibility index (Phi) is 3.38. The smallest absolute Gasteiger partial charge is 0.337 e. The van der Waals surface area contributed by atoms with E-state index in [2.05, 4.69) is 15.9 Å². The van der Waals surface area contributed by atoms with Gasteiger partial charge in [0.1, 0.15) is 0 Å². The summed E-state index contributed by atoms with van der Waals surface area (Å²) in [5.41, 5.74) is -0.671. The summed E-state index contributed by atoms with van der Waals surface area (Å²) in [6.07, 6.45) is -1.89. The Balaban J connectivity index is 3.28. The summed E-state index contributed by atoms with van der Waals surface area (Å²) in [5.74, 6) is -1.53. The average molecular weight is 276 g/mol. The fourth-order valence-electron chi connectivity index (χ4n) is 1.04. The predicted octanol–water partition coefficient (Wildman–Crippen LogP) is 1.48. The maximum Gasteiger partial charge on any atom is 0.337 e. The van der Waals surface area contributed by atoms with Gasteiger partial charge in [-0.15, -0.1) is 0 Å². The van der Waals surface area contributed by atoms with Gasteiger partial charge < -0.3 is 10.2 Å². The van der Waals surface area contributed by atoms with Gasteiger partial charge in [-0.3, -0.25) is 10.1 Å². The number of nitrogens with zero attached hydrogens (tertiary/aromatic N) is 1. The van der Waals surface area contributed by atoms with Crippen molar-refractivity contribution in [3.05, 3.63) is 38.3 Å². The second kappa shape index (κ2) is 4.37. The van der Waals surface area contributed by atoms with Crippen molar-refractivity contribution in [1.82, 2.24) is 0 Å². The molecule has 7 heteroatoms. The maximum atomic E-state index is 10.6. The zero-order valence-corrected chi connectivity index (χ0v) is 8.84. The third-order valence-corrected chi connectivity index (χ3v) is 2.21. The molecule has 1 aromatic rings. The van der Waals surface area contributed by atoms with E-state index >= 15 is 0 Å². The predicted molar refractivity (Wildman–Crippen MR) is 53.4 cm³/mol. The van der Waals surface area contributed by atoms with Crippen LogP contribution in [0, 0.1) is 10.1 Å². The van der Waals surface area contributed by atoms with Crippen LogP contribution < -0.4 is 0 Å². The minimum atomic E-state index is -1.89. The second-order valence-corrected chi connectivity index (χ2v) is 3.62. The van der Waals surface area contributed by atoms with Crippen LogP contribution in [-0.2, 0) is 4.79 Å². The lowest BCUT2D eigenvalue weighted by atomic mass is 10.1. The van der Waals surface area contributed by atoms with Crippen molar-refractivity contribution in [2.75, 3.05) is 0 Å². The number of carbonyl (C=O) groups is 1. The molecule has 0 spiro atoms. The molecule has 2 N–H and O–H groups in total. The van der Waals surface area contributed by atoms with Crippen molar-refractivity contribution in [3.8, 4) is 0 Å². The van der Waals surface area contributed by atoms with Gasteiger partial charge in [-0.05, 0) is 12.1 Å². The Morgan fingerprint density at radius 1 is 1.53 bits per heavy atom. The molecule has 15 heavy (non-hydrogen) atoms. The first-order valence-corrected chi connectivity index (χ1v) is 4.57. The summed E-state index contributed by atoms with van der Waals surface area (Å²) in [4.78, 5) is 20.3. The van der Waals surface area contributed by atoms with Crippen molar-refractivity contribution in [3.63, 3.8) is 0 Å². The van der Waals surface area contributed by atoms with E-state index in [-0.39, 0.29) is 5.56 Å². The molecule has 0 amide bonds. The van der Waals surface area contributed by atoms with E-state index in [1.54, 1.807) is 0 Å². The van der Waals surface area contributed by atoms with E-state index in [0.29, 0.717) is 4.47 Å². The normalized spacial score (nSPS) is 12.1. The van der Waals surface area contributed by atoms with Crippen molar-refractivity contribution < 1.29 is 19.9 Å². The number of aliphatic hydroxyl groups excluding tert-OH is 1. The zero-order valence-electron chi connectivity index (χ0n) is 7.25. The number of carboxylic acids is 1. The molecular weight excluding hydrogens is 270 g/mol. The van der Waals surface area contributed by atoms with Gasteiger partial charge in [-0.25, -0.2) is 4.79 Å². The van der Waals surface area contributed by atoms with Crippen molar-refractivity contribution in [1.29, 1.82) is 0 Å². The number of halogens is 1. The molecule has 0 fully saturated rings. The highest BCUT2D eigenvalue weighted by Crippen LogP contribution is 2.28. The topological polar surface area (TPSA) is 101 Å². The number of aliphatic hydroxyl groups is 1. The molecule has 0 saturated heterocycles. The van der Waals surface area contributed by atoms with E-state index < -0.39 is 22.7 Å². The standard InChI is InChI=1S/C8H6BrNO5/c9-4-1-2-5(7(11)8(12)13)6(3-4)10(14)15/h1-3,7,11H,(H,12,13)/t7-/m0/s1. The SMILES string of the molecule is O=C(O)[C@@H](O)c1ccc(Br)cc1[N+](=O)[O-]. The second-order valence-electron chi connectivity index (χ2n) is 2.70. The van der Waals surface area contributed by atoms with Gasteiger partial charge in [0, 0.05) is 10.5 Å². The van der Waals surface area contributed by atoms with E-state index in [1.807, 2.05) is 0 Å². The van der Waals surface area contributed by atoms with E-state index in [4.69, 9.17) is 5.11 Å². The highest BCUT2D eigenvalue weighted by Gasteiger charge is 2.25. The van der Waals surface area contributed by atoms with Gasteiger partial charge >= 0.3 is 5.97 Å². The van der Waals surface area contributed by atoms with Gasteiger partial charge in [-0.2, -0.15) is 0 Å². The van der Waals surface area contributed by atoms with Crippen LogP contribution in [0.25, 0.3) is 0 Å². The summed E-state index contributed by atoms with van der Waals surface area (Å²) >= 11 is 3.02. The lowest BCUT2D eigenvalue weighted by Crippen LogP contribution is -2.12. The molecule has 0 bridgehead atoms. The minimum Gasteiger partial charge on any atom is -0.479 e. The van der Waals surface area contributed by atoms with Crippen LogP contribution in [0.15, 0.2) is 22.7 Å². The fourth-order valence-corrected chi connectivity index (χ4v) is 1.39. The number of hydrogen-bond donors (Lipinski definition) is 2. The van der Waals surface area contributed by atoms with Crippen LogP contribution >= 0.6 is 15.9 Å². The van der Waals surface area contributed by atoms with Crippen molar-refractivity contribution in [2.45, 2.75) is 6.10 Å². The molecule has 6 nitrogen and oxygen atoms in total. The molecule has 80 valence electrons. The molecule has 0 saturated carbocycles. The number of benzene rings is 1. The van der Waals surface area contributed by atoms with Crippen LogP contribution in [0.2, 0.25) is 0 Å². The third-order valence-electron chi connectivity index (χ3n) is 1.72. The first-order chi connectivity index (χ1) is 6.93. The number of carboxylic acid groups (broad SMARTS) is 1. The molecule has 1 atom stereocenters. The number of rotatable bonds is 3. The maximum absolute atomic E-state index is 10.6. The molecule has 1 rings (SSSR count). The van der Waals surface area contributed by atoms with Crippen LogP contribution in [-0.4, -0.2) is 21.1 Å². The molecule has 0 aliphatic heterocycles. The number of hydrogen-bond acceptors (Lipinski definition) is 4. The Hall–Kier alpha value is -1.47. The lowest BCUT2D eigenvalue weighted by Gasteiger charge is -2.06. The van der Waals surface area contributed by atoms with E-state index in [0.717, 1.165) is 6.07 Å². The summed E-state index contributed by atoms with van der Waals surface area (Å²) in [5, 5.41) is 28.3. The van der Waals surface area contributed by atoms with Crippen LogP contribution in [0.3, 0.4) is 0 Å². The molecule has 0 aromatic heterocycles. The summed E-state index contributed by atoms with van der Waals surface area (Å²) in [6.45, 7) is 0. The molecule has 0 unspecified atom stereocenters. The number of nitro groups is 1. The molecule has 0 aliphatic rings. The van der Waals surface area contributed by atoms with Gasteiger partial charge in [0.15, 0.2) is 6.10 Å². The molecule has 1 aromatic carbocycles. The molecular formula is C8H6BrNO5. The van der Waals surface area contributed by atoms with Crippen LogP contribution in [0.4, 0.5) is 5.69 Å². The van der Waals surface area contributed by atoms with Gasteiger partial charge in [0.25, 0.3) is 5.69 Å². The van der Waals surface area contributed by atoms with Crippen molar-refractivity contribution in [2.24, 2.45) is 0 Å². The summed E-state index contributed by atoms with van der Waals surface area (Å²) in [7, 11) is 0. The van der Waals surface area contributed by atoms with Crippen molar-refractivity contribution >= 4 is 27.6 Å². The number of aliphatic carboxylic acids is 1. The Morgan fingerprint density at radius 2 is 2.13 bits per heavy atom. The quantitative estimate of drug-likeness (QED) is 0.643. The first-order valence-electron chi connectivity index (χ1n) is 3.78. The van der Waals surface area contributed by atoms with E-state index in [1.165, 1.54) is 12.1 Å². The summed E-state index contributed by atoms with van der Waals surface area (Å²) < 4.78 is 0.440. The Bertz CT molecular complexity index is 419. The van der Waals surface area contributed by atoms with Gasteiger partial charge in [0.05, 0.1) is 10.5 Å². The zero-order chi connectivity index (χ0) is 11.6. The van der Waals surface area contributed by atoms with Gasteiger partial charge in [0.2, 0.25) is 0 Å². The minimum absolute atomic E-state index is 0.240. The molecule has 0 aliphatic carbocycles. The largest absolute Gasteiger partial charge is 0.479 e. The highest BCUT2D eigenvalue weighted by molar-refractivity contribution is 9.10. The highest BCUT2D eigenvalue weighted by atomic mass is 79.9. The molecule has 0 radical (unpaired) electrons. The Morgan fingerprint density at radius 3 is 2.60 bits per heavy atom. The Labute approximate surface area is 92.4 Å². The third kappa shape index (κ3) is 2.51. The molecule has 0 heterocycles. The van der Waals surface area contributed by atoms with Gasteiger partial charge in [-0.1, -0.05) is 15.9 Å². The first kappa shape index (κ1) is 11.6. The van der Waals surface area contributed by atoms with Crippen LogP contribution in [0.1, 0.15) is 11.7 Å².